The summed E-state index contributed by atoms with van der Waals surface area (Å²) in [6, 6.07) is 5.11. The molecule has 2 N–H and O–H groups in total. The third-order valence-corrected chi connectivity index (χ3v) is 2.77. The molecule has 0 aliphatic carbocycles. The molecule has 2 aromatic rings. The second kappa shape index (κ2) is 5.72. The standard InChI is InChI=1S/C12H9ClF4N4/c1-18-8-5-9(21-11(20-8)12(15,16)17)19-10-6(13)3-2-4-7(10)14/h2-5H,1H3,(H2,18,19,20,21). The smallest absolute Gasteiger partial charge is 0.373 e. The number of halogens is 5. The molecule has 0 aliphatic rings. The van der Waals surface area contributed by atoms with E-state index in [1.807, 2.05) is 0 Å². The first-order valence-corrected chi connectivity index (χ1v) is 6.04. The van der Waals surface area contributed by atoms with E-state index in [0.29, 0.717) is 0 Å². The first-order valence-electron chi connectivity index (χ1n) is 5.66. The summed E-state index contributed by atoms with van der Waals surface area (Å²) < 4.78 is 51.7. The molecule has 2 rings (SSSR count). The molecule has 112 valence electrons. The quantitative estimate of drug-likeness (QED) is 0.837. The van der Waals surface area contributed by atoms with Crippen molar-refractivity contribution < 1.29 is 17.6 Å². The molecule has 0 aliphatic heterocycles. The average Bonchev–Trinajstić information content (AvgIpc) is 2.42. The van der Waals surface area contributed by atoms with Crippen molar-refractivity contribution in [2.24, 2.45) is 0 Å². The molecule has 1 aromatic heterocycles. The minimum absolute atomic E-state index is 0.0215. The van der Waals surface area contributed by atoms with Crippen LogP contribution in [0.2, 0.25) is 5.02 Å². The fraction of sp³-hybridized carbons (Fsp3) is 0.167. The van der Waals surface area contributed by atoms with Crippen LogP contribution in [-0.2, 0) is 6.18 Å². The van der Waals surface area contributed by atoms with E-state index in [1.54, 1.807) is 0 Å². The third-order valence-electron chi connectivity index (χ3n) is 2.45. The van der Waals surface area contributed by atoms with Gasteiger partial charge < -0.3 is 10.6 Å². The molecule has 0 unspecified atom stereocenters. The normalized spacial score (nSPS) is 11.3. The van der Waals surface area contributed by atoms with Crippen molar-refractivity contribution in [2.45, 2.75) is 6.18 Å². The maximum absolute atomic E-state index is 13.6. The van der Waals surface area contributed by atoms with Crippen molar-refractivity contribution in [3.05, 3.63) is 40.9 Å². The van der Waals surface area contributed by atoms with Gasteiger partial charge in [0.1, 0.15) is 17.5 Å². The van der Waals surface area contributed by atoms with Gasteiger partial charge in [0.15, 0.2) is 0 Å². The van der Waals surface area contributed by atoms with Crippen LogP contribution in [0.25, 0.3) is 0 Å². The molecule has 4 nitrogen and oxygen atoms in total. The van der Waals surface area contributed by atoms with E-state index < -0.39 is 17.8 Å². The highest BCUT2D eigenvalue weighted by molar-refractivity contribution is 6.33. The minimum Gasteiger partial charge on any atom is -0.373 e. The second-order valence-corrected chi connectivity index (χ2v) is 4.34. The highest BCUT2D eigenvalue weighted by atomic mass is 35.5. The molecule has 0 saturated heterocycles. The lowest BCUT2D eigenvalue weighted by Gasteiger charge is -2.12. The SMILES string of the molecule is CNc1cc(Nc2c(F)cccc2Cl)nc(C(F)(F)F)n1. The Kier molecular flexibility index (Phi) is 4.17. The largest absolute Gasteiger partial charge is 0.451 e. The summed E-state index contributed by atoms with van der Waals surface area (Å²) in [7, 11) is 1.41. The molecule has 0 fully saturated rings. The molecule has 0 amide bonds. The van der Waals surface area contributed by atoms with Crippen LogP contribution in [0, 0.1) is 5.82 Å². The number of hydrogen-bond acceptors (Lipinski definition) is 4. The second-order valence-electron chi connectivity index (χ2n) is 3.93. The Morgan fingerprint density at radius 3 is 2.38 bits per heavy atom. The number of aromatic nitrogens is 2. The Labute approximate surface area is 122 Å². The Morgan fingerprint density at radius 1 is 1.14 bits per heavy atom. The van der Waals surface area contributed by atoms with Crippen molar-refractivity contribution in [2.75, 3.05) is 17.7 Å². The number of alkyl halides is 3. The molecule has 1 aromatic carbocycles. The van der Waals surface area contributed by atoms with E-state index in [0.717, 1.165) is 6.07 Å². The fourth-order valence-corrected chi connectivity index (χ4v) is 1.72. The lowest BCUT2D eigenvalue weighted by atomic mass is 10.3. The van der Waals surface area contributed by atoms with Crippen LogP contribution in [-0.4, -0.2) is 17.0 Å². The molecular formula is C12H9ClF4N4. The van der Waals surface area contributed by atoms with E-state index in [9.17, 15) is 17.6 Å². The van der Waals surface area contributed by atoms with Gasteiger partial charge in [0.25, 0.3) is 0 Å². The zero-order valence-electron chi connectivity index (χ0n) is 10.6. The number of nitrogens with zero attached hydrogens (tertiary/aromatic N) is 2. The first-order chi connectivity index (χ1) is 9.81. The summed E-state index contributed by atoms with van der Waals surface area (Å²) in [4.78, 5) is 6.61. The molecule has 21 heavy (non-hydrogen) atoms. The summed E-state index contributed by atoms with van der Waals surface area (Å²) in [6.45, 7) is 0. The van der Waals surface area contributed by atoms with Gasteiger partial charge in [-0.3, -0.25) is 0 Å². The van der Waals surface area contributed by atoms with Crippen LogP contribution in [0.4, 0.5) is 34.9 Å². The zero-order chi connectivity index (χ0) is 15.6. The van der Waals surface area contributed by atoms with Gasteiger partial charge >= 0.3 is 6.18 Å². The molecule has 0 atom stereocenters. The topological polar surface area (TPSA) is 49.8 Å². The van der Waals surface area contributed by atoms with Crippen molar-refractivity contribution >= 4 is 28.9 Å². The van der Waals surface area contributed by atoms with E-state index in [-0.39, 0.29) is 22.3 Å². The maximum atomic E-state index is 13.6. The van der Waals surface area contributed by atoms with Crippen LogP contribution in [0.1, 0.15) is 5.82 Å². The van der Waals surface area contributed by atoms with Crippen LogP contribution in [0.15, 0.2) is 24.3 Å². The van der Waals surface area contributed by atoms with E-state index >= 15 is 0 Å². The van der Waals surface area contributed by atoms with Gasteiger partial charge in [0.2, 0.25) is 5.82 Å². The van der Waals surface area contributed by atoms with Gasteiger partial charge in [-0.15, -0.1) is 0 Å². The number of hydrogen-bond donors (Lipinski definition) is 2. The highest BCUT2D eigenvalue weighted by Gasteiger charge is 2.35. The Morgan fingerprint density at radius 2 is 1.81 bits per heavy atom. The van der Waals surface area contributed by atoms with Crippen molar-refractivity contribution in [1.82, 2.24) is 9.97 Å². The molecule has 0 saturated carbocycles. The van der Waals surface area contributed by atoms with Crippen molar-refractivity contribution in [3.63, 3.8) is 0 Å². The Balaban J connectivity index is 2.45. The molecule has 9 heteroatoms. The highest BCUT2D eigenvalue weighted by Crippen LogP contribution is 2.31. The van der Waals surface area contributed by atoms with Crippen LogP contribution in [0.5, 0.6) is 0 Å². The summed E-state index contributed by atoms with van der Waals surface area (Å²) in [5, 5.41) is 4.93. The van der Waals surface area contributed by atoms with E-state index in [2.05, 4.69) is 20.6 Å². The number of nitrogens with one attached hydrogen (secondary N) is 2. The summed E-state index contributed by atoms with van der Waals surface area (Å²) in [6.07, 6.45) is -4.72. The lowest BCUT2D eigenvalue weighted by molar-refractivity contribution is -0.144. The molecule has 0 radical (unpaired) electrons. The van der Waals surface area contributed by atoms with Gasteiger partial charge in [-0.05, 0) is 12.1 Å². The van der Waals surface area contributed by atoms with Crippen molar-refractivity contribution in [1.29, 1.82) is 0 Å². The predicted molar refractivity (Wildman–Crippen MR) is 71.3 cm³/mol. The third kappa shape index (κ3) is 3.52. The van der Waals surface area contributed by atoms with Gasteiger partial charge in [-0.2, -0.15) is 13.2 Å². The van der Waals surface area contributed by atoms with Crippen LogP contribution >= 0.6 is 11.6 Å². The number of rotatable bonds is 3. The number of para-hydroxylation sites is 1. The predicted octanol–water partition coefficient (Wildman–Crippen LogP) is 4.07. The molecular weight excluding hydrogens is 312 g/mol. The Hall–Kier alpha value is -2.09. The molecule has 1 heterocycles. The van der Waals surface area contributed by atoms with Crippen LogP contribution in [0.3, 0.4) is 0 Å². The van der Waals surface area contributed by atoms with Crippen LogP contribution < -0.4 is 10.6 Å². The summed E-state index contributed by atoms with van der Waals surface area (Å²) >= 11 is 5.80. The summed E-state index contributed by atoms with van der Waals surface area (Å²) in [5.74, 6) is -2.34. The number of benzene rings is 1. The van der Waals surface area contributed by atoms with Crippen molar-refractivity contribution in [3.8, 4) is 0 Å². The van der Waals surface area contributed by atoms with E-state index in [1.165, 1.54) is 25.2 Å². The zero-order valence-corrected chi connectivity index (χ0v) is 11.3. The maximum Gasteiger partial charge on any atom is 0.451 e. The monoisotopic (exact) mass is 320 g/mol. The minimum atomic E-state index is -4.72. The fourth-order valence-electron chi connectivity index (χ4n) is 1.51. The lowest BCUT2D eigenvalue weighted by Crippen LogP contribution is -2.13. The average molecular weight is 321 g/mol. The Bertz CT molecular complexity index is 640. The first kappa shape index (κ1) is 15.3. The van der Waals surface area contributed by atoms with Gasteiger partial charge in [0, 0.05) is 13.1 Å². The molecule has 0 spiro atoms. The van der Waals surface area contributed by atoms with Gasteiger partial charge in [-0.25, -0.2) is 14.4 Å². The van der Waals surface area contributed by atoms with Gasteiger partial charge in [-0.1, -0.05) is 17.7 Å². The summed E-state index contributed by atoms with van der Waals surface area (Å²) in [5.41, 5.74) is -0.159. The molecule has 0 bridgehead atoms. The van der Waals surface area contributed by atoms with E-state index in [4.69, 9.17) is 11.6 Å². The number of anilines is 3. The van der Waals surface area contributed by atoms with Gasteiger partial charge in [0.05, 0.1) is 10.7 Å².